The number of aromatic amines is 1. The van der Waals surface area contributed by atoms with E-state index in [0.29, 0.717) is 24.1 Å². The van der Waals surface area contributed by atoms with Crippen LogP contribution in [-0.4, -0.2) is 42.5 Å². The van der Waals surface area contributed by atoms with Crippen LogP contribution in [0.4, 0.5) is 4.39 Å². The van der Waals surface area contributed by atoms with Gasteiger partial charge in [0.05, 0.1) is 22.2 Å². The molecule has 1 atom stereocenters. The smallest absolute Gasteiger partial charge is 0.312 e. The second-order valence-electron chi connectivity index (χ2n) is 7.81. The van der Waals surface area contributed by atoms with Crippen molar-refractivity contribution in [3.63, 3.8) is 0 Å². The molecule has 1 N–H and O–H groups in total. The monoisotopic (exact) mass is 460 g/mol. The summed E-state index contributed by atoms with van der Waals surface area (Å²) in [5.41, 5.74) is 3.85. The zero-order valence-corrected chi connectivity index (χ0v) is 18.3. The lowest BCUT2D eigenvalue weighted by molar-refractivity contribution is 0.0650. The van der Waals surface area contributed by atoms with E-state index in [4.69, 9.17) is 9.40 Å². The topological polar surface area (TPSA) is 101 Å². The lowest BCUT2D eigenvalue weighted by Gasteiger charge is -2.32. The molecular weight excluding hydrogens is 443 g/mol. The van der Waals surface area contributed by atoms with Crippen LogP contribution in [-0.2, 0) is 6.42 Å². The van der Waals surface area contributed by atoms with E-state index in [2.05, 4.69) is 20.2 Å². The summed E-state index contributed by atoms with van der Waals surface area (Å²) in [6.45, 7) is 2.19. The lowest BCUT2D eigenvalue weighted by Crippen LogP contribution is -2.41. The Labute approximate surface area is 191 Å². The number of benzene rings is 2. The molecule has 1 aliphatic rings. The van der Waals surface area contributed by atoms with Crippen LogP contribution in [0.5, 0.6) is 0 Å². The highest BCUT2D eigenvalue weighted by molar-refractivity contribution is 7.18. The number of nitrogens with one attached hydrogen (secondary N) is 1. The number of nitrogens with zero attached hydrogens (tertiary/aromatic N) is 5. The molecule has 1 aliphatic heterocycles. The lowest BCUT2D eigenvalue weighted by atomic mass is 10.0. The van der Waals surface area contributed by atoms with Crippen LogP contribution < -0.4 is 0 Å². The number of hydrogen-bond donors (Lipinski definition) is 1. The van der Waals surface area contributed by atoms with E-state index in [1.165, 1.54) is 23.5 Å². The highest BCUT2D eigenvalue weighted by Crippen LogP contribution is 2.38. The van der Waals surface area contributed by atoms with E-state index < -0.39 is 11.9 Å². The Morgan fingerprint density at radius 1 is 1.24 bits per heavy atom. The maximum absolute atomic E-state index is 13.5. The van der Waals surface area contributed by atoms with Crippen LogP contribution in [0.1, 0.15) is 38.7 Å². The number of hydrogen-bond acceptors (Lipinski definition) is 7. The number of amides is 1. The SMILES string of the molecule is Cc1cc(F)ccc1-c1nnc(C(=O)N2CCc3[nH]cnc3[C@H]2c2nc3ccccc3s2)o1. The molecule has 0 radical (unpaired) electrons. The van der Waals surface area contributed by atoms with Gasteiger partial charge in [-0.1, -0.05) is 12.1 Å². The van der Waals surface area contributed by atoms with Crippen LogP contribution in [0.15, 0.2) is 53.2 Å². The number of carbonyl (C=O) groups is 1. The highest BCUT2D eigenvalue weighted by Gasteiger charge is 2.38. The third kappa shape index (κ3) is 3.30. The average molecular weight is 460 g/mol. The fraction of sp³-hybridized carbons (Fsp3) is 0.174. The van der Waals surface area contributed by atoms with Crippen LogP contribution in [0.25, 0.3) is 21.7 Å². The number of imidazole rings is 1. The van der Waals surface area contributed by atoms with Crippen molar-refractivity contribution in [3.8, 4) is 11.5 Å². The first-order valence-corrected chi connectivity index (χ1v) is 11.2. The van der Waals surface area contributed by atoms with Gasteiger partial charge in [-0.2, -0.15) is 0 Å². The summed E-state index contributed by atoms with van der Waals surface area (Å²) in [6, 6.07) is 11.7. The van der Waals surface area contributed by atoms with Gasteiger partial charge in [0, 0.05) is 24.2 Å². The van der Waals surface area contributed by atoms with Gasteiger partial charge in [0.25, 0.3) is 0 Å². The summed E-state index contributed by atoms with van der Waals surface area (Å²) < 4.78 is 20.2. The molecule has 0 bridgehead atoms. The molecule has 0 fully saturated rings. The first-order chi connectivity index (χ1) is 16.1. The Balaban J connectivity index is 1.39. The van der Waals surface area contributed by atoms with E-state index >= 15 is 0 Å². The molecule has 0 aliphatic carbocycles. The highest BCUT2D eigenvalue weighted by atomic mass is 32.1. The summed E-state index contributed by atoms with van der Waals surface area (Å²) in [5.74, 6) is -0.705. The molecule has 2 aromatic carbocycles. The molecule has 5 aromatic rings. The van der Waals surface area contributed by atoms with Crippen molar-refractivity contribution < 1.29 is 13.6 Å². The van der Waals surface area contributed by atoms with Crippen LogP contribution >= 0.6 is 11.3 Å². The van der Waals surface area contributed by atoms with Crippen molar-refractivity contribution >= 4 is 27.5 Å². The average Bonchev–Trinajstić information content (AvgIpc) is 3.56. The number of halogens is 1. The second kappa shape index (κ2) is 7.59. The van der Waals surface area contributed by atoms with Crippen LogP contribution in [0.2, 0.25) is 0 Å². The van der Waals surface area contributed by atoms with E-state index in [1.807, 2.05) is 24.3 Å². The number of fused-ring (bicyclic) bond motifs is 2. The Hall–Kier alpha value is -3.92. The number of aryl methyl sites for hydroxylation is 1. The van der Waals surface area contributed by atoms with Gasteiger partial charge in [-0.3, -0.25) is 4.79 Å². The zero-order chi connectivity index (χ0) is 22.5. The third-order valence-corrected chi connectivity index (χ3v) is 6.85. The molecule has 164 valence electrons. The molecule has 8 nitrogen and oxygen atoms in total. The van der Waals surface area contributed by atoms with Crippen molar-refractivity contribution in [1.29, 1.82) is 0 Å². The Morgan fingerprint density at radius 3 is 2.97 bits per heavy atom. The molecule has 0 unspecified atom stereocenters. The fourth-order valence-corrected chi connectivity index (χ4v) is 5.25. The van der Waals surface area contributed by atoms with Crippen molar-refractivity contribution in [3.05, 3.63) is 82.5 Å². The van der Waals surface area contributed by atoms with Crippen LogP contribution in [0, 0.1) is 12.7 Å². The number of carbonyl (C=O) groups excluding carboxylic acids is 1. The van der Waals surface area contributed by atoms with Gasteiger partial charge in [-0.15, -0.1) is 21.5 Å². The van der Waals surface area contributed by atoms with Gasteiger partial charge >= 0.3 is 11.8 Å². The van der Waals surface area contributed by atoms with Gasteiger partial charge in [-0.05, 0) is 42.8 Å². The number of para-hydroxylation sites is 1. The molecule has 0 saturated heterocycles. The van der Waals surface area contributed by atoms with Crippen molar-refractivity contribution in [2.75, 3.05) is 6.54 Å². The van der Waals surface area contributed by atoms with E-state index in [-0.39, 0.29) is 17.6 Å². The second-order valence-corrected chi connectivity index (χ2v) is 8.87. The number of rotatable bonds is 3. The predicted molar refractivity (Wildman–Crippen MR) is 119 cm³/mol. The van der Waals surface area contributed by atoms with Gasteiger partial charge in [0.1, 0.15) is 16.9 Å². The molecule has 33 heavy (non-hydrogen) atoms. The van der Waals surface area contributed by atoms with Crippen molar-refractivity contribution in [2.45, 2.75) is 19.4 Å². The quantitative estimate of drug-likeness (QED) is 0.431. The minimum absolute atomic E-state index is 0.126. The number of aromatic nitrogens is 5. The molecule has 10 heteroatoms. The minimum atomic E-state index is -0.465. The third-order valence-electron chi connectivity index (χ3n) is 5.76. The van der Waals surface area contributed by atoms with E-state index in [0.717, 1.165) is 26.6 Å². The summed E-state index contributed by atoms with van der Waals surface area (Å²) in [7, 11) is 0. The molecule has 0 saturated carbocycles. The van der Waals surface area contributed by atoms with E-state index in [1.54, 1.807) is 24.2 Å². The number of H-pyrrole nitrogens is 1. The molecular formula is C23H17FN6O2S. The van der Waals surface area contributed by atoms with Crippen molar-refractivity contribution in [2.24, 2.45) is 0 Å². The Morgan fingerprint density at radius 2 is 2.12 bits per heavy atom. The zero-order valence-electron chi connectivity index (χ0n) is 17.4. The van der Waals surface area contributed by atoms with Gasteiger partial charge in [-0.25, -0.2) is 14.4 Å². The maximum atomic E-state index is 13.5. The summed E-state index contributed by atoms with van der Waals surface area (Å²) >= 11 is 1.53. The molecule has 1 amide bonds. The van der Waals surface area contributed by atoms with Gasteiger partial charge in [0.15, 0.2) is 0 Å². The maximum Gasteiger partial charge on any atom is 0.312 e. The first-order valence-electron chi connectivity index (χ1n) is 10.4. The first kappa shape index (κ1) is 19.7. The summed E-state index contributed by atoms with van der Waals surface area (Å²) in [4.78, 5) is 27.7. The van der Waals surface area contributed by atoms with E-state index in [9.17, 15) is 9.18 Å². The van der Waals surface area contributed by atoms with Gasteiger partial charge < -0.3 is 14.3 Å². The van der Waals surface area contributed by atoms with Gasteiger partial charge in [0.2, 0.25) is 5.89 Å². The Bertz CT molecular complexity index is 1470. The molecule has 6 rings (SSSR count). The standard InChI is InChI=1S/C23H17FN6O2S/c1-12-10-13(24)6-7-14(12)20-28-29-21(32-20)23(31)30-9-8-16-18(26-11-25-16)19(30)22-27-15-4-2-3-5-17(15)33-22/h2-7,10-11,19H,8-9H2,1H3,(H,25,26)/t19-/m0/s1. The molecule has 3 aromatic heterocycles. The summed E-state index contributed by atoms with van der Waals surface area (Å²) in [5, 5.41) is 8.81. The Kier molecular flexibility index (Phi) is 4.54. The summed E-state index contributed by atoms with van der Waals surface area (Å²) in [6.07, 6.45) is 2.27. The normalized spacial score (nSPS) is 15.7. The molecule has 4 heterocycles. The molecule has 0 spiro atoms. The number of thiazole rings is 1. The predicted octanol–water partition coefficient (Wildman–Crippen LogP) is 4.30. The van der Waals surface area contributed by atoms with Crippen LogP contribution in [0.3, 0.4) is 0 Å². The fourth-order valence-electron chi connectivity index (χ4n) is 4.16. The minimum Gasteiger partial charge on any atom is -0.412 e. The largest absolute Gasteiger partial charge is 0.412 e. The van der Waals surface area contributed by atoms with Crippen molar-refractivity contribution in [1.82, 2.24) is 30.0 Å².